The highest BCUT2D eigenvalue weighted by Crippen LogP contribution is 2.37. The zero-order valence-electron chi connectivity index (χ0n) is 26.2. The molecule has 0 saturated heterocycles. The molecular weight excluding hydrogens is 645 g/mol. The number of nitrogens with two attached hydrogens (primary N) is 3. The molecule has 47 heavy (non-hydrogen) atoms. The summed E-state index contributed by atoms with van der Waals surface area (Å²) in [5, 5.41) is 4.59. The summed E-state index contributed by atoms with van der Waals surface area (Å²) in [5.41, 5.74) is 7.64. The molecule has 1 amide bonds. The Morgan fingerprint density at radius 1 is 0.809 bits per heavy atom. The van der Waals surface area contributed by atoms with Crippen LogP contribution in [0.15, 0.2) is 41.5 Å². The summed E-state index contributed by atoms with van der Waals surface area (Å²) in [6.07, 6.45) is -12.2. The second-order valence-electron chi connectivity index (χ2n) is 11.2. The molecule has 0 spiro atoms. The van der Waals surface area contributed by atoms with Crippen LogP contribution < -0.4 is 17.3 Å². The first-order valence-corrected chi connectivity index (χ1v) is 14.7. The fraction of sp³-hybridized carbons (Fsp3) is 0.533. The van der Waals surface area contributed by atoms with E-state index in [1.807, 2.05) is 18.9 Å². The van der Waals surface area contributed by atoms with Crippen LogP contribution in [0.5, 0.6) is 0 Å². The zero-order chi connectivity index (χ0) is 35.7. The highest BCUT2D eigenvalue weighted by molar-refractivity contribution is 5.77. The van der Waals surface area contributed by atoms with E-state index in [4.69, 9.17) is 17.3 Å². The van der Waals surface area contributed by atoms with Gasteiger partial charge in [-0.15, -0.1) is 5.10 Å². The first-order valence-electron chi connectivity index (χ1n) is 14.7. The number of hydrogen-bond donors (Lipinski definition) is 3. The third-order valence-electron chi connectivity index (χ3n) is 7.44. The largest absolute Gasteiger partial charge is 0.416 e. The van der Waals surface area contributed by atoms with E-state index in [-0.39, 0.29) is 43.0 Å². The SMILES string of the molecule is CCC(c1ccc(C(F)(F)F)cc1CCN(Cc1cc(C(F)(F)F)cc(C(F)(F)F)c1)/C(N)=N/N(C)N)N(C)CCCCCC(N)=O. The number of nitrogens with zero attached hydrogens (tertiary/aromatic N) is 4. The molecule has 264 valence electrons. The van der Waals surface area contributed by atoms with Gasteiger partial charge in [0.05, 0.1) is 16.7 Å². The van der Waals surface area contributed by atoms with Gasteiger partial charge in [0, 0.05) is 32.6 Å². The molecule has 1 unspecified atom stereocenters. The van der Waals surface area contributed by atoms with Crippen molar-refractivity contribution in [1.82, 2.24) is 14.9 Å². The molecule has 0 fully saturated rings. The molecule has 2 aromatic rings. The fourth-order valence-electron chi connectivity index (χ4n) is 5.17. The van der Waals surface area contributed by atoms with Gasteiger partial charge in [0.15, 0.2) is 0 Å². The van der Waals surface area contributed by atoms with E-state index in [9.17, 15) is 44.3 Å². The number of rotatable bonds is 15. The topological polar surface area (TPSA) is 117 Å². The van der Waals surface area contributed by atoms with Gasteiger partial charge in [-0.1, -0.05) is 19.4 Å². The molecule has 1 atom stereocenters. The van der Waals surface area contributed by atoms with Crippen molar-refractivity contribution in [3.63, 3.8) is 0 Å². The average molecular weight is 686 g/mol. The lowest BCUT2D eigenvalue weighted by atomic mass is 9.93. The number of guanidine groups is 1. The molecule has 8 nitrogen and oxygen atoms in total. The number of hydrazone groups is 1. The number of alkyl halides is 9. The maximum Gasteiger partial charge on any atom is 0.416 e. The van der Waals surface area contributed by atoms with Crippen LogP contribution in [0.25, 0.3) is 0 Å². The van der Waals surface area contributed by atoms with Crippen molar-refractivity contribution in [3.8, 4) is 0 Å². The predicted octanol–water partition coefficient (Wildman–Crippen LogP) is 6.25. The Kier molecular flexibility index (Phi) is 13.8. The molecule has 0 aliphatic rings. The van der Waals surface area contributed by atoms with Gasteiger partial charge in [0.1, 0.15) is 0 Å². The van der Waals surface area contributed by atoms with Crippen molar-refractivity contribution in [2.45, 2.75) is 76.6 Å². The van der Waals surface area contributed by atoms with Crippen LogP contribution in [0.4, 0.5) is 39.5 Å². The van der Waals surface area contributed by atoms with Gasteiger partial charge in [-0.2, -0.15) is 39.5 Å². The van der Waals surface area contributed by atoms with Crippen LogP contribution in [0, 0.1) is 0 Å². The molecule has 6 N–H and O–H groups in total. The van der Waals surface area contributed by atoms with Crippen LogP contribution in [0.2, 0.25) is 0 Å². The second kappa shape index (κ2) is 16.4. The van der Waals surface area contributed by atoms with E-state index in [0.717, 1.165) is 22.2 Å². The van der Waals surface area contributed by atoms with Crippen LogP contribution in [-0.2, 0) is 36.3 Å². The summed E-state index contributed by atoms with van der Waals surface area (Å²) in [5.74, 6) is 4.75. The van der Waals surface area contributed by atoms with Crippen molar-refractivity contribution < 1.29 is 44.3 Å². The normalized spacial score (nSPS) is 13.6. The summed E-state index contributed by atoms with van der Waals surface area (Å²) in [7, 11) is 3.08. The quantitative estimate of drug-likeness (QED) is 0.0510. The summed E-state index contributed by atoms with van der Waals surface area (Å²) < 4.78 is 122. The molecule has 2 rings (SSSR count). The predicted molar refractivity (Wildman–Crippen MR) is 159 cm³/mol. The van der Waals surface area contributed by atoms with Gasteiger partial charge in [0.2, 0.25) is 11.9 Å². The molecule has 2 aromatic carbocycles. The summed E-state index contributed by atoms with van der Waals surface area (Å²) >= 11 is 0. The Morgan fingerprint density at radius 3 is 1.87 bits per heavy atom. The third-order valence-corrected chi connectivity index (χ3v) is 7.44. The van der Waals surface area contributed by atoms with Gasteiger partial charge < -0.3 is 16.4 Å². The summed E-state index contributed by atoms with van der Waals surface area (Å²) in [4.78, 5) is 14.1. The number of halogens is 9. The monoisotopic (exact) mass is 685 g/mol. The maximum atomic E-state index is 13.8. The molecule has 0 aliphatic carbocycles. The van der Waals surface area contributed by atoms with Gasteiger partial charge >= 0.3 is 18.5 Å². The Bertz CT molecular complexity index is 1330. The van der Waals surface area contributed by atoms with Crippen LogP contribution in [0.3, 0.4) is 0 Å². The van der Waals surface area contributed by atoms with Gasteiger partial charge in [-0.25, -0.2) is 11.0 Å². The van der Waals surface area contributed by atoms with E-state index >= 15 is 0 Å². The van der Waals surface area contributed by atoms with Gasteiger partial charge in [-0.3, -0.25) is 9.69 Å². The number of benzene rings is 2. The molecular formula is C30H40F9N7O. The standard InChI is InChI=1S/C30H40F9N7O/c1-4-25(44(2)12-7-5-6-8-26(40)47)24-10-9-21(28(31,32)33)16-20(24)11-13-46(27(41)43-45(3)42)18-19-14-22(29(34,35)36)17-23(15-19)30(37,38)39/h9-10,14-17,25H,4-8,11-13,18,42H2,1-3H3,(H2,40,47)(H2,41,43). The summed E-state index contributed by atoms with van der Waals surface area (Å²) in [6.45, 7) is 1.59. The number of unbranched alkanes of at least 4 members (excludes halogenated alkanes) is 2. The van der Waals surface area contributed by atoms with Crippen molar-refractivity contribution in [2.75, 3.05) is 27.2 Å². The number of carbonyl (C=O) groups is 1. The lowest BCUT2D eigenvalue weighted by molar-refractivity contribution is -0.143. The van der Waals surface area contributed by atoms with E-state index in [2.05, 4.69) is 5.10 Å². The van der Waals surface area contributed by atoms with Crippen molar-refractivity contribution in [2.24, 2.45) is 22.4 Å². The smallest absolute Gasteiger partial charge is 0.370 e. The molecule has 0 saturated carbocycles. The highest BCUT2D eigenvalue weighted by atomic mass is 19.4. The molecule has 0 bridgehead atoms. The van der Waals surface area contributed by atoms with Crippen molar-refractivity contribution in [3.05, 3.63) is 69.8 Å². The summed E-state index contributed by atoms with van der Waals surface area (Å²) in [6, 6.07) is 4.05. The van der Waals surface area contributed by atoms with Gasteiger partial charge in [0.25, 0.3) is 0 Å². The van der Waals surface area contributed by atoms with Gasteiger partial charge in [-0.05, 0) is 86.3 Å². The fourth-order valence-corrected chi connectivity index (χ4v) is 5.17. The van der Waals surface area contributed by atoms with Crippen molar-refractivity contribution >= 4 is 11.9 Å². The average Bonchev–Trinajstić information content (AvgIpc) is 2.93. The van der Waals surface area contributed by atoms with Crippen LogP contribution in [0.1, 0.15) is 78.5 Å². The minimum absolute atomic E-state index is 0.00695. The number of amides is 1. The van der Waals surface area contributed by atoms with E-state index in [0.29, 0.717) is 49.9 Å². The Morgan fingerprint density at radius 2 is 1.38 bits per heavy atom. The minimum atomic E-state index is -5.09. The molecule has 0 radical (unpaired) electrons. The Labute approximate surface area is 267 Å². The number of hydrazine groups is 1. The molecule has 17 heteroatoms. The lowest BCUT2D eigenvalue weighted by Crippen LogP contribution is -2.41. The number of carbonyl (C=O) groups excluding carboxylic acids is 1. The van der Waals surface area contributed by atoms with Crippen LogP contribution >= 0.6 is 0 Å². The molecule has 0 aliphatic heterocycles. The zero-order valence-corrected chi connectivity index (χ0v) is 26.2. The van der Waals surface area contributed by atoms with E-state index in [1.165, 1.54) is 13.1 Å². The maximum absolute atomic E-state index is 13.8. The third kappa shape index (κ3) is 12.4. The number of hydrogen-bond acceptors (Lipinski definition) is 5. The second-order valence-corrected chi connectivity index (χ2v) is 11.2. The Balaban J connectivity index is 2.49. The van der Waals surface area contributed by atoms with Crippen LogP contribution in [-0.4, -0.2) is 54.0 Å². The van der Waals surface area contributed by atoms with E-state index in [1.54, 1.807) is 0 Å². The van der Waals surface area contributed by atoms with Crippen molar-refractivity contribution in [1.29, 1.82) is 0 Å². The van der Waals surface area contributed by atoms with E-state index < -0.39 is 53.2 Å². The number of primary amides is 1. The Hall–Kier alpha value is -3.73. The first kappa shape index (κ1) is 39.4. The minimum Gasteiger partial charge on any atom is -0.370 e. The highest BCUT2D eigenvalue weighted by Gasteiger charge is 2.37. The first-order chi connectivity index (χ1) is 21.6. The molecule has 0 aromatic heterocycles. The lowest BCUT2D eigenvalue weighted by Gasteiger charge is -2.31. The molecule has 0 heterocycles.